The van der Waals surface area contributed by atoms with Crippen molar-refractivity contribution in [2.45, 2.75) is 6.54 Å². The monoisotopic (exact) mass is 216 g/mol. The SMILES string of the molecule is N#Cc1ccc(NCc2ccoc2)cc1F. The number of nitrogens with zero attached hydrogens (tertiary/aromatic N) is 1. The fourth-order valence-corrected chi connectivity index (χ4v) is 1.31. The summed E-state index contributed by atoms with van der Waals surface area (Å²) in [4.78, 5) is 0. The normalized spacial score (nSPS) is 9.75. The maximum atomic E-state index is 13.2. The zero-order valence-electron chi connectivity index (χ0n) is 8.40. The molecular formula is C12H9FN2O. The second-order valence-electron chi connectivity index (χ2n) is 3.29. The fraction of sp³-hybridized carbons (Fsp3) is 0.0833. The van der Waals surface area contributed by atoms with Crippen molar-refractivity contribution < 1.29 is 8.81 Å². The van der Waals surface area contributed by atoms with Crippen LogP contribution in [0.2, 0.25) is 0 Å². The van der Waals surface area contributed by atoms with Gasteiger partial charge in [0.2, 0.25) is 0 Å². The van der Waals surface area contributed by atoms with Gasteiger partial charge in [0, 0.05) is 17.8 Å². The molecule has 0 saturated carbocycles. The second kappa shape index (κ2) is 4.49. The second-order valence-corrected chi connectivity index (χ2v) is 3.29. The summed E-state index contributed by atoms with van der Waals surface area (Å²) in [6, 6.07) is 8.02. The Kier molecular flexibility index (Phi) is 2.88. The molecule has 1 aromatic heterocycles. The van der Waals surface area contributed by atoms with Gasteiger partial charge in [0.15, 0.2) is 0 Å². The van der Waals surface area contributed by atoms with Crippen LogP contribution in [0, 0.1) is 17.1 Å². The molecule has 1 aromatic carbocycles. The van der Waals surface area contributed by atoms with E-state index in [2.05, 4.69) is 5.32 Å². The lowest BCUT2D eigenvalue weighted by Gasteiger charge is -2.04. The first-order valence-corrected chi connectivity index (χ1v) is 4.74. The Labute approximate surface area is 92.1 Å². The van der Waals surface area contributed by atoms with E-state index in [-0.39, 0.29) is 5.56 Å². The fourth-order valence-electron chi connectivity index (χ4n) is 1.31. The van der Waals surface area contributed by atoms with Crippen LogP contribution in [0.4, 0.5) is 10.1 Å². The lowest BCUT2D eigenvalue weighted by Crippen LogP contribution is -1.98. The van der Waals surface area contributed by atoms with E-state index < -0.39 is 5.82 Å². The van der Waals surface area contributed by atoms with Crippen molar-refractivity contribution in [1.82, 2.24) is 0 Å². The molecule has 0 radical (unpaired) electrons. The number of anilines is 1. The summed E-state index contributed by atoms with van der Waals surface area (Å²) in [6.45, 7) is 0.557. The molecule has 0 aliphatic carbocycles. The van der Waals surface area contributed by atoms with Gasteiger partial charge in [0.05, 0.1) is 18.1 Å². The van der Waals surface area contributed by atoms with Crippen molar-refractivity contribution >= 4 is 5.69 Å². The maximum absolute atomic E-state index is 13.2. The molecule has 80 valence electrons. The molecule has 0 spiro atoms. The molecule has 0 bridgehead atoms. The Morgan fingerprint density at radius 1 is 1.38 bits per heavy atom. The summed E-state index contributed by atoms with van der Waals surface area (Å²) in [5.74, 6) is -0.514. The van der Waals surface area contributed by atoms with E-state index in [1.807, 2.05) is 6.07 Å². The Hall–Kier alpha value is -2.28. The Bertz CT molecular complexity index is 514. The highest BCUT2D eigenvalue weighted by molar-refractivity contribution is 5.48. The Morgan fingerprint density at radius 3 is 2.88 bits per heavy atom. The van der Waals surface area contributed by atoms with Crippen molar-refractivity contribution in [1.29, 1.82) is 5.26 Å². The minimum absolute atomic E-state index is 0.0499. The van der Waals surface area contributed by atoms with Crippen molar-refractivity contribution in [3.63, 3.8) is 0 Å². The zero-order valence-corrected chi connectivity index (χ0v) is 8.40. The molecule has 0 unspecified atom stereocenters. The number of nitriles is 1. The molecule has 0 aliphatic heterocycles. The maximum Gasteiger partial charge on any atom is 0.143 e. The number of hydrogen-bond donors (Lipinski definition) is 1. The third kappa shape index (κ3) is 2.20. The average Bonchev–Trinajstić information content (AvgIpc) is 2.79. The molecule has 16 heavy (non-hydrogen) atoms. The number of rotatable bonds is 3. The van der Waals surface area contributed by atoms with Gasteiger partial charge in [-0.05, 0) is 24.3 Å². The van der Waals surface area contributed by atoms with Crippen LogP contribution in [0.3, 0.4) is 0 Å². The Morgan fingerprint density at radius 2 is 2.25 bits per heavy atom. The van der Waals surface area contributed by atoms with Crippen LogP contribution in [-0.2, 0) is 6.54 Å². The topological polar surface area (TPSA) is 49.0 Å². The highest BCUT2D eigenvalue weighted by atomic mass is 19.1. The standard InChI is InChI=1S/C12H9FN2O/c13-12-5-11(2-1-10(12)6-14)15-7-9-3-4-16-8-9/h1-5,8,15H,7H2. The quantitative estimate of drug-likeness (QED) is 0.858. The summed E-state index contributed by atoms with van der Waals surface area (Å²) in [5, 5.41) is 11.6. The van der Waals surface area contributed by atoms with Gasteiger partial charge in [-0.2, -0.15) is 5.26 Å². The number of furan rings is 1. The van der Waals surface area contributed by atoms with Gasteiger partial charge in [-0.1, -0.05) is 0 Å². The minimum atomic E-state index is -0.514. The first-order valence-electron chi connectivity index (χ1n) is 4.74. The third-order valence-electron chi connectivity index (χ3n) is 2.17. The van der Waals surface area contributed by atoms with Crippen molar-refractivity contribution in [3.05, 3.63) is 53.7 Å². The van der Waals surface area contributed by atoms with Gasteiger partial charge in [-0.15, -0.1) is 0 Å². The van der Waals surface area contributed by atoms with Crippen LogP contribution in [0.1, 0.15) is 11.1 Å². The first kappa shape index (κ1) is 10.2. The minimum Gasteiger partial charge on any atom is -0.472 e. The molecule has 0 aliphatic rings. The zero-order chi connectivity index (χ0) is 11.4. The van der Waals surface area contributed by atoms with Gasteiger partial charge in [-0.25, -0.2) is 4.39 Å². The molecule has 3 nitrogen and oxygen atoms in total. The number of halogens is 1. The van der Waals surface area contributed by atoms with Crippen LogP contribution < -0.4 is 5.32 Å². The molecule has 0 fully saturated rings. The summed E-state index contributed by atoms with van der Waals surface area (Å²) >= 11 is 0. The number of hydrogen-bond acceptors (Lipinski definition) is 3. The summed E-state index contributed by atoms with van der Waals surface area (Å²) in [5.41, 5.74) is 1.66. The molecule has 1 heterocycles. The number of nitrogens with one attached hydrogen (secondary N) is 1. The lowest BCUT2D eigenvalue weighted by atomic mass is 10.2. The summed E-state index contributed by atoms with van der Waals surface area (Å²) in [7, 11) is 0. The molecule has 2 rings (SSSR count). The molecule has 1 N–H and O–H groups in total. The van der Waals surface area contributed by atoms with Gasteiger partial charge in [-0.3, -0.25) is 0 Å². The van der Waals surface area contributed by atoms with E-state index in [0.717, 1.165) is 5.56 Å². The van der Waals surface area contributed by atoms with Crippen LogP contribution in [0.15, 0.2) is 41.2 Å². The Balaban J connectivity index is 2.06. The van der Waals surface area contributed by atoms with Crippen LogP contribution in [0.5, 0.6) is 0 Å². The summed E-state index contributed by atoms with van der Waals surface area (Å²) in [6.07, 6.45) is 3.20. The molecular weight excluding hydrogens is 207 g/mol. The van der Waals surface area contributed by atoms with E-state index in [4.69, 9.17) is 9.68 Å². The lowest BCUT2D eigenvalue weighted by molar-refractivity contribution is 0.564. The highest BCUT2D eigenvalue weighted by Gasteiger charge is 2.02. The van der Waals surface area contributed by atoms with E-state index >= 15 is 0 Å². The van der Waals surface area contributed by atoms with Crippen molar-refractivity contribution in [3.8, 4) is 6.07 Å². The van der Waals surface area contributed by atoms with Crippen LogP contribution in [-0.4, -0.2) is 0 Å². The van der Waals surface area contributed by atoms with Crippen LogP contribution >= 0.6 is 0 Å². The van der Waals surface area contributed by atoms with Crippen LogP contribution in [0.25, 0.3) is 0 Å². The molecule has 0 atom stereocenters. The highest BCUT2D eigenvalue weighted by Crippen LogP contribution is 2.14. The van der Waals surface area contributed by atoms with Crippen molar-refractivity contribution in [2.75, 3.05) is 5.32 Å². The van der Waals surface area contributed by atoms with E-state index in [9.17, 15) is 4.39 Å². The third-order valence-corrected chi connectivity index (χ3v) is 2.17. The van der Waals surface area contributed by atoms with Gasteiger partial charge < -0.3 is 9.73 Å². The van der Waals surface area contributed by atoms with E-state index in [1.54, 1.807) is 24.7 Å². The average molecular weight is 216 g/mol. The number of benzene rings is 1. The van der Waals surface area contributed by atoms with Gasteiger partial charge in [0.25, 0.3) is 0 Å². The van der Waals surface area contributed by atoms with E-state index in [1.165, 1.54) is 12.1 Å². The molecule has 4 heteroatoms. The van der Waals surface area contributed by atoms with Gasteiger partial charge >= 0.3 is 0 Å². The predicted molar refractivity (Wildman–Crippen MR) is 57.1 cm³/mol. The van der Waals surface area contributed by atoms with Crippen molar-refractivity contribution in [2.24, 2.45) is 0 Å². The smallest absolute Gasteiger partial charge is 0.143 e. The largest absolute Gasteiger partial charge is 0.472 e. The molecule has 0 saturated heterocycles. The van der Waals surface area contributed by atoms with E-state index in [0.29, 0.717) is 12.2 Å². The molecule has 2 aromatic rings. The first-order chi connectivity index (χ1) is 7.79. The van der Waals surface area contributed by atoms with Gasteiger partial charge in [0.1, 0.15) is 11.9 Å². The summed E-state index contributed by atoms with van der Waals surface area (Å²) < 4.78 is 18.1. The molecule has 0 amide bonds. The predicted octanol–water partition coefficient (Wildman–Crippen LogP) is 2.90.